The smallest absolute Gasteiger partial charge is 0.349 e. The number of carbonyl (C=O) groups is 2. The number of amides is 1. The van der Waals surface area contributed by atoms with Gasteiger partial charge in [-0.3, -0.25) is 4.79 Å². The van der Waals surface area contributed by atoms with Gasteiger partial charge in [0.05, 0.1) is 11.4 Å². The fraction of sp³-hybridized carbons (Fsp3) is 0.158. The molecule has 7 heteroatoms. The van der Waals surface area contributed by atoms with E-state index < -0.39 is 17.5 Å². The maximum Gasteiger partial charge on any atom is 0.349 e. The molecular weight excluding hydrogens is 374 g/mol. The zero-order chi connectivity index (χ0) is 18.7. The highest BCUT2D eigenvalue weighted by Gasteiger charge is 2.49. The van der Waals surface area contributed by atoms with Crippen molar-refractivity contribution in [2.24, 2.45) is 0 Å². The largest absolute Gasteiger partial charge is 0.511 e. The Hall–Kier alpha value is -2.44. The SMILES string of the molecule is CNC(=O)C1(c2ccccc2)CC(O)=C(Sc2ccccc2Cl)C(=O)O1. The number of hydrogen-bond acceptors (Lipinski definition) is 5. The number of aliphatic hydroxyl groups excluding tert-OH is 1. The summed E-state index contributed by atoms with van der Waals surface area (Å²) in [6.07, 6.45) is -0.158. The van der Waals surface area contributed by atoms with Crippen LogP contribution in [0.5, 0.6) is 0 Å². The Kier molecular flexibility index (Phi) is 5.25. The minimum absolute atomic E-state index is 0.0218. The summed E-state index contributed by atoms with van der Waals surface area (Å²) in [5.41, 5.74) is -1.12. The first kappa shape index (κ1) is 18.4. The second-order valence-electron chi connectivity index (χ2n) is 5.65. The Balaban J connectivity index is 2.01. The van der Waals surface area contributed by atoms with E-state index in [-0.39, 0.29) is 17.1 Å². The lowest BCUT2D eigenvalue weighted by Crippen LogP contribution is -2.49. The molecule has 0 spiro atoms. The number of aliphatic hydroxyl groups is 1. The average molecular weight is 390 g/mol. The Morgan fingerprint density at radius 2 is 1.85 bits per heavy atom. The minimum atomic E-state index is -1.61. The van der Waals surface area contributed by atoms with Gasteiger partial charge in [-0.15, -0.1) is 0 Å². The van der Waals surface area contributed by atoms with E-state index in [0.29, 0.717) is 15.5 Å². The molecule has 0 aromatic heterocycles. The fourth-order valence-electron chi connectivity index (χ4n) is 2.74. The van der Waals surface area contributed by atoms with Crippen LogP contribution in [-0.4, -0.2) is 24.0 Å². The summed E-state index contributed by atoms with van der Waals surface area (Å²) in [4.78, 5) is 25.8. The van der Waals surface area contributed by atoms with Crippen LogP contribution in [0.1, 0.15) is 12.0 Å². The van der Waals surface area contributed by atoms with Crippen LogP contribution in [0.3, 0.4) is 0 Å². The number of carbonyl (C=O) groups excluding carboxylic acids is 2. The number of benzene rings is 2. The van der Waals surface area contributed by atoms with Crippen molar-refractivity contribution in [1.29, 1.82) is 0 Å². The molecule has 5 nitrogen and oxygen atoms in total. The van der Waals surface area contributed by atoms with Gasteiger partial charge in [-0.1, -0.05) is 65.8 Å². The highest BCUT2D eigenvalue weighted by molar-refractivity contribution is 8.04. The molecule has 3 rings (SSSR count). The molecule has 1 aliphatic heterocycles. The molecule has 1 unspecified atom stereocenters. The molecule has 1 heterocycles. The number of rotatable bonds is 4. The van der Waals surface area contributed by atoms with Gasteiger partial charge >= 0.3 is 5.97 Å². The number of halogens is 1. The molecule has 134 valence electrons. The Morgan fingerprint density at radius 1 is 1.19 bits per heavy atom. The third kappa shape index (κ3) is 3.30. The number of cyclic esters (lactones) is 1. The number of nitrogens with one attached hydrogen (secondary N) is 1. The summed E-state index contributed by atoms with van der Waals surface area (Å²) < 4.78 is 5.58. The minimum Gasteiger partial charge on any atom is -0.511 e. The molecule has 26 heavy (non-hydrogen) atoms. The van der Waals surface area contributed by atoms with E-state index in [1.165, 1.54) is 7.05 Å². The van der Waals surface area contributed by atoms with Gasteiger partial charge in [0, 0.05) is 17.5 Å². The monoisotopic (exact) mass is 389 g/mol. The molecule has 0 radical (unpaired) electrons. The lowest BCUT2D eigenvalue weighted by atomic mass is 9.87. The number of thioether (sulfide) groups is 1. The Morgan fingerprint density at radius 3 is 2.46 bits per heavy atom. The average Bonchev–Trinajstić information content (AvgIpc) is 2.65. The van der Waals surface area contributed by atoms with Gasteiger partial charge in [0.15, 0.2) is 0 Å². The number of likely N-dealkylation sites (N-methyl/N-ethyl adjacent to an activating group) is 1. The van der Waals surface area contributed by atoms with Crippen molar-refractivity contribution in [3.63, 3.8) is 0 Å². The molecular formula is C19H16ClNO4S. The Labute approximate surface area is 160 Å². The molecule has 2 aromatic rings. The predicted molar refractivity (Wildman–Crippen MR) is 99.9 cm³/mol. The summed E-state index contributed by atoms with van der Waals surface area (Å²) >= 11 is 7.14. The van der Waals surface area contributed by atoms with Gasteiger partial charge < -0.3 is 15.2 Å². The van der Waals surface area contributed by atoms with E-state index in [1.54, 1.807) is 54.6 Å². The van der Waals surface area contributed by atoms with Crippen molar-refractivity contribution in [1.82, 2.24) is 5.32 Å². The number of hydrogen-bond donors (Lipinski definition) is 2. The number of esters is 1. The lowest BCUT2D eigenvalue weighted by Gasteiger charge is -2.35. The molecule has 2 N–H and O–H groups in total. The first-order chi connectivity index (χ1) is 12.5. The van der Waals surface area contributed by atoms with Crippen LogP contribution in [0.25, 0.3) is 0 Å². The molecule has 0 saturated heterocycles. The topological polar surface area (TPSA) is 75.6 Å². The standard InChI is InChI=1S/C19H16ClNO4S/c1-21-18(24)19(12-7-3-2-4-8-12)11-14(22)16(17(23)25-19)26-15-10-6-5-9-13(15)20/h2-10,22H,11H2,1H3,(H,21,24). The molecule has 0 aliphatic carbocycles. The van der Waals surface area contributed by atoms with E-state index in [9.17, 15) is 14.7 Å². The molecule has 1 aliphatic rings. The van der Waals surface area contributed by atoms with Crippen LogP contribution in [-0.2, 0) is 19.9 Å². The first-order valence-electron chi connectivity index (χ1n) is 7.83. The normalized spacial score (nSPS) is 19.8. The molecule has 0 bridgehead atoms. The van der Waals surface area contributed by atoms with Crippen LogP contribution in [0.2, 0.25) is 5.02 Å². The van der Waals surface area contributed by atoms with Gasteiger partial charge in [0.1, 0.15) is 10.7 Å². The van der Waals surface area contributed by atoms with Crippen LogP contribution in [0, 0.1) is 0 Å². The molecule has 2 aromatic carbocycles. The molecule has 1 atom stereocenters. The number of ether oxygens (including phenoxy) is 1. The first-order valence-corrected chi connectivity index (χ1v) is 9.03. The maximum absolute atomic E-state index is 12.6. The molecule has 0 fully saturated rings. The van der Waals surface area contributed by atoms with Gasteiger partial charge in [-0.25, -0.2) is 4.79 Å². The Bertz CT molecular complexity index is 884. The van der Waals surface area contributed by atoms with Crippen LogP contribution >= 0.6 is 23.4 Å². The van der Waals surface area contributed by atoms with Gasteiger partial charge in [-0.2, -0.15) is 0 Å². The van der Waals surface area contributed by atoms with E-state index >= 15 is 0 Å². The second-order valence-corrected chi connectivity index (χ2v) is 7.11. The van der Waals surface area contributed by atoms with E-state index in [2.05, 4.69) is 5.32 Å². The van der Waals surface area contributed by atoms with Gasteiger partial charge in [0.25, 0.3) is 5.91 Å². The van der Waals surface area contributed by atoms with Crippen LogP contribution < -0.4 is 5.32 Å². The zero-order valence-electron chi connectivity index (χ0n) is 13.9. The van der Waals surface area contributed by atoms with E-state index in [0.717, 1.165) is 11.8 Å². The van der Waals surface area contributed by atoms with E-state index in [1.807, 2.05) is 0 Å². The van der Waals surface area contributed by atoms with E-state index in [4.69, 9.17) is 16.3 Å². The van der Waals surface area contributed by atoms with Crippen molar-refractivity contribution >= 4 is 35.2 Å². The fourth-order valence-corrected chi connectivity index (χ4v) is 3.84. The molecule has 0 saturated carbocycles. The molecule has 1 amide bonds. The lowest BCUT2D eigenvalue weighted by molar-refractivity contribution is -0.169. The van der Waals surface area contributed by atoms with Gasteiger partial charge in [0.2, 0.25) is 5.60 Å². The van der Waals surface area contributed by atoms with Crippen molar-refractivity contribution < 1.29 is 19.4 Å². The summed E-state index contributed by atoms with van der Waals surface area (Å²) in [7, 11) is 1.45. The highest BCUT2D eigenvalue weighted by atomic mass is 35.5. The highest BCUT2D eigenvalue weighted by Crippen LogP contribution is 2.43. The van der Waals surface area contributed by atoms with Crippen molar-refractivity contribution in [3.05, 3.63) is 75.8 Å². The van der Waals surface area contributed by atoms with Crippen LogP contribution in [0.15, 0.2) is 70.2 Å². The summed E-state index contributed by atoms with van der Waals surface area (Å²) in [6, 6.07) is 15.6. The second kappa shape index (κ2) is 7.43. The zero-order valence-corrected chi connectivity index (χ0v) is 15.4. The summed E-state index contributed by atoms with van der Waals surface area (Å²) in [6.45, 7) is 0. The third-order valence-corrected chi connectivity index (χ3v) is 5.64. The predicted octanol–water partition coefficient (Wildman–Crippen LogP) is 3.79. The quantitative estimate of drug-likeness (QED) is 0.778. The maximum atomic E-state index is 12.6. The van der Waals surface area contributed by atoms with Crippen molar-refractivity contribution in [3.8, 4) is 0 Å². The van der Waals surface area contributed by atoms with Gasteiger partial charge in [-0.05, 0) is 12.1 Å². The summed E-state index contributed by atoms with van der Waals surface area (Å²) in [5, 5.41) is 13.5. The van der Waals surface area contributed by atoms with Crippen molar-refractivity contribution in [2.45, 2.75) is 16.9 Å². The van der Waals surface area contributed by atoms with Crippen LogP contribution in [0.4, 0.5) is 0 Å². The van der Waals surface area contributed by atoms with Crippen molar-refractivity contribution in [2.75, 3.05) is 7.05 Å². The summed E-state index contributed by atoms with van der Waals surface area (Å²) in [5.74, 6) is -1.49. The third-order valence-electron chi connectivity index (χ3n) is 4.01.